The summed E-state index contributed by atoms with van der Waals surface area (Å²) in [4.78, 5) is 0. The Balaban J connectivity index is 2.77. The molecule has 1 unspecified atom stereocenters. The highest BCUT2D eigenvalue weighted by Gasteiger charge is 2.05. The third-order valence-corrected chi connectivity index (χ3v) is 2.43. The summed E-state index contributed by atoms with van der Waals surface area (Å²) in [6.45, 7) is 9.10. The summed E-state index contributed by atoms with van der Waals surface area (Å²) in [5, 5.41) is 3.46. The van der Waals surface area contributed by atoms with Crippen molar-refractivity contribution >= 4 is 6.08 Å². The van der Waals surface area contributed by atoms with E-state index in [0.717, 1.165) is 13.0 Å². The molecule has 0 aliphatic heterocycles. The van der Waals surface area contributed by atoms with Crippen molar-refractivity contribution < 1.29 is 0 Å². The minimum Gasteiger partial charge on any atom is -0.310 e. The van der Waals surface area contributed by atoms with E-state index in [0.29, 0.717) is 6.04 Å². The van der Waals surface area contributed by atoms with Crippen LogP contribution in [0.25, 0.3) is 6.08 Å². The Bertz CT molecular complexity index is 274. The lowest BCUT2D eigenvalue weighted by Crippen LogP contribution is -2.19. The van der Waals surface area contributed by atoms with E-state index in [1.807, 2.05) is 6.08 Å². The highest BCUT2D eigenvalue weighted by atomic mass is 14.9. The zero-order valence-corrected chi connectivity index (χ0v) is 9.09. The monoisotopic (exact) mass is 189 g/mol. The van der Waals surface area contributed by atoms with Gasteiger partial charge < -0.3 is 5.32 Å². The zero-order chi connectivity index (χ0) is 10.4. The van der Waals surface area contributed by atoms with E-state index in [1.54, 1.807) is 0 Å². The van der Waals surface area contributed by atoms with Crippen molar-refractivity contribution in [1.29, 1.82) is 0 Å². The highest BCUT2D eigenvalue weighted by molar-refractivity contribution is 5.47. The minimum absolute atomic E-state index is 0.485. The number of nitrogens with one attached hydrogen (secondary N) is 1. The van der Waals surface area contributed by atoms with E-state index in [9.17, 15) is 0 Å². The van der Waals surface area contributed by atoms with Crippen LogP contribution in [0.1, 0.15) is 37.4 Å². The number of benzene rings is 1. The van der Waals surface area contributed by atoms with Crippen LogP contribution >= 0.6 is 0 Å². The van der Waals surface area contributed by atoms with Crippen LogP contribution in [-0.4, -0.2) is 6.54 Å². The van der Waals surface area contributed by atoms with Crippen LogP contribution in [0.5, 0.6) is 0 Å². The molecular weight excluding hydrogens is 170 g/mol. The second-order valence-electron chi connectivity index (χ2n) is 3.39. The molecule has 0 amide bonds. The lowest BCUT2D eigenvalue weighted by molar-refractivity contribution is 0.537. The Morgan fingerprint density at radius 3 is 2.36 bits per heavy atom. The van der Waals surface area contributed by atoms with Gasteiger partial charge in [-0.2, -0.15) is 0 Å². The summed E-state index contributed by atoms with van der Waals surface area (Å²) in [5.41, 5.74) is 2.54. The number of hydrogen-bond acceptors (Lipinski definition) is 1. The van der Waals surface area contributed by atoms with Gasteiger partial charge in [-0.1, -0.05) is 50.8 Å². The zero-order valence-electron chi connectivity index (χ0n) is 9.09. The molecule has 1 atom stereocenters. The molecule has 1 rings (SSSR count). The first-order valence-electron chi connectivity index (χ1n) is 5.27. The van der Waals surface area contributed by atoms with Crippen molar-refractivity contribution in [3.05, 3.63) is 42.0 Å². The first kappa shape index (κ1) is 11.0. The fourth-order valence-electron chi connectivity index (χ4n) is 1.61. The Hall–Kier alpha value is -1.08. The molecule has 0 saturated heterocycles. The van der Waals surface area contributed by atoms with Crippen LogP contribution in [0, 0.1) is 0 Å². The molecule has 1 aromatic carbocycles. The standard InChI is InChI=1S/C13H19N/c1-4-11-7-9-12(10-8-11)13(5-2)14-6-3/h4,7-10,13-14H,1,5-6H2,2-3H3. The van der Waals surface area contributed by atoms with Gasteiger partial charge >= 0.3 is 0 Å². The molecule has 1 nitrogen and oxygen atoms in total. The third kappa shape index (κ3) is 2.71. The number of hydrogen-bond donors (Lipinski definition) is 1. The van der Waals surface area contributed by atoms with E-state index >= 15 is 0 Å². The van der Waals surface area contributed by atoms with Crippen LogP contribution in [0.15, 0.2) is 30.8 Å². The summed E-state index contributed by atoms with van der Waals surface area (Å²) in [6, 6.07) is 9.06. The topological polar surface area (TPSA) is 12.0 Å². The maximum Gasteiger partial charge on any atom is 0.0317 e. The van der Waals surface area contributed by atoms with Crippen LogP contribution < -0.4 is 5.32 Å². The van der Waals surface area contributed by atoms with Crippen molar-refractivity contribution in [3.8, 4) is 0 Å². The van der Waals surface area contributed by atoms with Crippen molar-refractivity contribution in [1.82, 2.24) is 5.32 Å². The van der Waals surface area contributed by atoms with Gasteiger partial charge in [0.05, 0.1) is 0 Å². The molecule has 1 heteroatoms. The second kappa shape index (κ2) is 5.61. The molecule has 0 fully saturated rings. The van der Waals surface area contributed by atoms with Gasteiger partial charge in [0.15, 0.2) is 0 Å². The normalized spacial score (nSPS) is 12.4. The van der Waals surface area contributed by atoms with Crippen molar-refractivity contribution in [2.45, 2.75) is 26.3 Å². The van der Waals surface area contributed by atoms with E-state index in [4.69, 9.17) is 0 Å². The van der Waals surface area contributed by atoms with Crippen molar-refractivity contribution in [2.75, 3.05) is 6.54 Å². The molecule has 0 aliphatic carbocycles. The Morgan fingerprint density at radius 2 is 1.93 bits per heavy atom. The van der Waals surface area contributed by atoms with Gasteiger partial charge in [-0.15, -0.1) is 0 Å². The van der Waals surface area contributed by atoms with Gasteiger partial charge in [-0.25, -0.2) is 0 Å². The predicted octanol–water partition coefficient (Wildman–Crippen LogP) is 3.39. The molecule has 0 heterocycles. The van der Waals surface area contributed by atoms with Crippen molar-refractivity contribution in [2.24, 2.45) is 0 Å². The first-order valence-corrected chi connectivity index (χ1v) is 5.27. The fraction of sp³-hybridized carbons (Fsp3) is 0.385. The molecule has 0 radical (unpaired) electrons. The molecule has 0 aromatic heterocycles. The lowest BCUT2D eigenvalue weighted by Gasteiger charge is -2.16. The van der Waals surface area contributed by atoms with E-state index < -0.39 is 0 Å². The molecule has 14 heavy (non-hydrogen) atoms. The minimum atomic E-state index is 0.485. The van der Waals surface area contributed by atoms with Crippen LogP contribution in [-0.2, 0) is 0 Å². The molecular formula is C13H19N. The van der Waals surface area contributed by atoms with Crippen LogP contribution in [0.3, 0.4) is 0 Å². The lowest BCUT2D eigenvalue weighted by atomic mass is 10.0. The largest absolute Gasteiger partial charge is 0.310 e. The van der Waals surface area contributed by atoms with Crippen LogP contribution in [0.2, 0.25) is 0 Å². The van der Waals surface area contributed by atoms with Crippen molar-refractivity contribution in [3.63, 3.8) is 0 Å². The summed E-state index contributed by atoms with van der Waals surface area (Å²) < 4.78 is 0. The Labute approximate surface area is 86.8 Å². The molecule has 1 aromatic rings. The average Bonchev–Trinajstić information content (AvgIpc) is 2.26. The Morgan fingerprint density at radius 1 is 1.29 bits per heavy atom. The van der Waals surface area contributed by atoms with Gasteiger partial charge in [-0.3, -0.25) is 0 Å². The highest BCUT2D eigenvalue weighted by Crippen LogP contribution is 2.17. The summed E-state index contributed by atoms with van der Waals surface area (Å²) in [5.74, 6) is 0. The maximum atomic E-state index is 3.75. The maximum absolute atomic E-state index is 3.75. The number of rotatable bonds is 5. The van der Waals surface area contributed by atoms with Crippen LogP contribution in [0.4, 0.5) is 0 Å². The molecule has 76 valence electrons. The summed E-state index contributed by atoms with van der Waals surface area (Å²) in [6.07, 6.45) is 3.00. The van der Waals surface area contributed by atoms with E-state index in [2.05, 4.69) is 50.0 Å². The molecule has 1 N–H and O–H groups in total. The summed E-state index contributed by atoms with van der Waals surface area (Å²) >= 11 is 0. The summed E-state index contributed by atoms with van der Waals surface area (Å²) in [7, 11) is 0. The first-order chi connectivity index (χ1) is 6.81. The SMILES string of the molecule is C=Cc1ccc(C(CC)NCC)cc1. The third-order valence-electron chi connectivity index (χ3n) is 2.43. The van der Waals surface area contributed by atoms with E-state index in [-0.39, 0.29) is 0 Å². The van der Waals surface area contributed by atoms with Gasteiger partial charge in [0.25, 0.3) is 0 Å². The van der Waals surface area contributed by atoms with Gasteiger partial charge in [-0.05, 0) is 24.1 Å². The quantitative estimate of drug-likeness (QED) is 0.748. The molecule has 0 bridgehead atoms. The fourth-order valence-corrected chi connectivity index (χ4v) is 1.61. The van der Waals surface area contributed by atoms with Gasteiger partial charge in [0, 0.05) is 6.04 Å². The predicted molar refractivity (Wildman–Crippen MR) is 63.2 cm³/mol. The van der Waals surface area contributed by atoms with Gasteiger partial charge in [0.2, 0.25) is 0 Å². The smallest absolute Gasteiger partial charge is 0.0317 e. The Kier molecular flexibility index (Phi) is 4.41. The van der Waals surface area contributed by atoms with E-state index in [1.165, 1.54) is 11.1 Å². The van der Waals surface area contributed by atoms with Gasteiger partial charge in [0.1, 0.15) is 0 Å². The molecule has 0 saturated carbocycles. The second-order valence-corrected chi connectivity index (χ2v) is 3.39. The molecule has 0 spiro atoms. The average molecular weight is 189 g/mol. The molecule has 0 aliphatic rings.